The van der Waals surface area contributed by atoms with Gasteiger partial charge in [0.25, 0.3) is 0 Å². The van der Waals surface area contributed by atoms with Gasteiger partial charge in [-0.3, -0.25) is 4.79 Å². The van der Waals surface area contributed by atoms with E-state index in [-0.39, 0.29) is 17.7 Å². The van der Waals surface area contributed by atoms with Crippen molar-refractivity contribution < 1.29 is 4.79 Å². The van der Waals surface area contributed by atoms with Crippen molar-refractivity contribution in [2.75, 3.05) is 18.4 Å². The summed E-state index contributed by atoms with van der Waals surface area (Å²) in [5, 5.41) is 12.6. The fraction of sp³-hybridized carbons (Fsp3) is 0.500. The van der Waals surface area contributed by atoms with Gasteiger partial charge in [-0.05, 0) is 18.0 Å². The van der Waals surface area contributed by atoms with Crippen LogP contribution in [0.1, 0.15) is 13.3 Å². The third-order valence-electron chi connectivity index (χ3n) is 1.54. The molecule has 2 N–H and O–H groups in total. The van der Waals surface area contributed by atoms with Gasteiger partial charge < -0.3 is 10.6 Å². The van der Waals surface area contributed by atoms with Crippen molar-refractivity contribution in [3.8, 4) is 0 Å². The van der Waals surface area contributed by atoms with Crippen LogP contribution in [0.4, 0.5) is 5.82 Å². The molecule has 1 amide bonds. The maximum absolute atomic E-state index is 11.2. The zero-order valence-electron chi connectivity index (χ0n) is 8.33. The van der Waals surface area contributed by atoms with Gasteiger partial charge in [0.15, 0.2) is 0 Å². The molecule has 0 aromatic carbocycles. The van der Waals surface area contributed by atoms with Crippen molar-refractivity contribution in [2.45, 2.75) is 13.3 Å². The van der Waals surface area contributed by atoms with Crippen LogP contribution >= 0.6 is 11.6 Å². The molecule has 0 aliphatic heterocycles. The number of aromatic nitrogens is 3. The molecule has 0 saturated heterocycles. The number of anilines is 1. The Hall–Kier alpha value is -1.43. The van der Waals surface area contributed by atoms with E-state index in [2.05, 4.69) is 25.8 Å². The summed E-state index contributed by atoms with van der Waals surface area (Å²) in [4.78, 5) is 15.0. The van der Waals surface area contributed by atoms with E-state index in [0.29, 0.717) is 12.4 Å². The summed E-state index contributed by atoms with van der Waals surface area (Å²) >= 11 is 5.52. The Morgan fingerprint density at radius 3 is 3.07 bits per heavy atom. The van der Waals surface area contributed by atoms with Crippen LogP contribution in [0.5, 0.6) is 0 Å². The highest BCUT2D eigenvalue weighted by Crippen LogP contribution is 2.02. The van der Waals surface area contributed by atoms with Gasteiger partial charge >= 0.3 is 0 Å². The molecule has 0 unspecified atom stereocenters. The number of hydrogen-bond acceptors (Lipinski definition) is 5. The number of nitrogens with one attached hydrogen (secondary N) is 2. The number of amides is 1. The number of rotatable bonds is 5. The summed E-state index contributed by atoms with van der Waals surface area (Å²) in [5.41, 5.74) is 0. The molecule has 1 aromatic heterocycles. The molecule has 0 fully saturated rings. The summed E-state index contributed by atoms with van der Waals surface area (Å²) in [6, 6.07) is 0. The fourth-order valence-electron chi connectivity index (χ4n) is 0.865. The normalized spacial score (nSPS) is 9.73. The van der Waals surface area contributed by atoms with Crippen molar-refractivity contribution in [3.05, 3.63) is 11.5 Å². The second kappa shape index (κ2) is 6.13. The Bertz CT molecular complexity index is 333. The van der Waals surface area contributed by atoms with Crippen LogP contribution in [0.25, 0.3) is 0 Å². The van der Waals surface area contributed by atoms with E-state index >= 15 is 0 Å². The minimum absolute atomic E-state index is 0.0500. The number of carbonyl (C=O) groups is 1. The lowest BCUT2D eigenvalue weighted by molar-refractivity contribution is -0.119. The summed E-state index contributed by atoms with van der Waals surface area (Å²) in [6.07, 6.45) is 2.31. The highest BCUT2D eigenvalue weighted by atomic mass is 35.5. The van der Waals surface area contributed by atoms with Gasteiger partial charge in [-0.2, -0.15) is 10.1 Å². The quantitative estimate of drug-likeness (QED) is 0.767. The molecule has 0 saturated carbocycles. The summed E-state index contributed by atoms with van der Waals surface area (Å²) in [5.74, 6) is 0.341. The largest absolute Gasteiger partial charge is 0.360 e. The maximum Gasteiger partial charge on any atom is 0.244 e. The molecular weight excluding hydrogens is 218 g/mol. The molecule has 0 aliphatic carbocycles. The lowest BCUT2D eigenvalue weighted by Crippen LogP contribution is -2.30. The number of halogens is 1. The molecular formula is C8H12ClN5O. The van der Waals surface area contributed by atoms with E-state index in [9.17, 15) is 4.79 Å². The second-order valence-electron chi connectivity index (χ2n) is 2.81. The Kier molecular flexibility index (Phi) is 4.76. The zero-order valence-corrected chi connectivity index (χ0v) is 9.08. The molecule has 0 aliphatic rings. The SMILES string of the molecule is CCCNC(=O)CNc1cnnc(Cl)n1. The average Bonchev–Trinajstić information content (AvgIpc) is 2.23. The van der Waals surface area contributed by atoms with Crippen LogP contribution in [-0.2, 0) is 4.79 Å². The minimum atomic E-state index is -0.0911. The topological polar surface area (TPSA) is 79.8 Å². The molecule has 7 heteroatoms. The Morgan fingerprint density at radius 2 is 2.40 bits per heavy atom. The first kappa shape index (κ1) is 11.6. The van der Waals surface area contributed by atoms with Gasteiger partial charge in [-0.15, -0.1) is 5.10 Å². The third kappa shape index (κ3) is 4.55. The van der Waals surface area contributed by atoms with Crippen molar-refractivity contribution in [2.24, 2.45) is 0 Å². The second-order valence-corrected chi connectivity index (χ2v) is 3.15. The predicted molar refractivity (Wildman–Crippen MR) is 56.6 cm³/mol. The molecule has 0 atom stereocenters. The van der Waals surface area contributed by atoms with Crippen molar-refractivity contribution in [3.63, 3.8) is 0 Å². The van der Waals surface area contributed by atoms with Gasteiger partial charge in [-0.1, -0.05) is 6.92 Å². The standard InChI is InChI=1S/C8H12ClN5O/c1-2-3-10-7(15)5-11-6-4-12-14-8(9)13-6/h4H,2-3,5H2,1H3,(H,10,15)(H,11,13,14). The van der Waals surface area contributed by atoms with Gasteiger partial charge in [0.05, 0.1) is 12.7 Å². The van der Waals surface area contributed by atoms with Gasteiger partial charge in [0, 0.05) is 6.54 Å². The lowest BCUT2D eigenvalue weighted by Gasteiger charge is -2.05. The summed E-state index contributed by atoms with van der Waals surface area (Å²) < 4.78 is 0. The van der Waals surface area contributed by atoms with Gasteiger partial charge in [0.1, 0.15) is 5.82 Å². The fourth-order valence-corrected chi connectivity index (χ4v) is 0.999. The molecule has 1 rings (SSSR count). The van der Waals surface area contributed by atoms with Crippen molar-refractivity contribution >= 4 is 23.3 Å². The van der Waals surface area contributed by atoms with Gasteiger partial charge in [0.2, 0.25) is 11.2 Å². The van der Waals surface area contributed by atoms with E-state index in [0.717, 1.165) is 6.42 Å². The Morgan fingerprint density at radius 1 is 1.60 bits per heavy atom. The average molecular weight is 230 g/mol. The highest BCUT2D eigenvalue weighted by molar-refractivity contribution is 6.28. The summed E-state index contributed by atoms with van der Waals surface area (Å²) in [7, 11) is 0. The van der Waals surface area contributed by atoms with E-state index in [4.69, 9.17) is 11.6 Å². The van der Waals surface area contributed by atoms with E-state index in [1.165, 1.54) is 6.20 Å². The minimum Gasteiger partial charge on any atom is -0.360 e. The maximum atomic E-state index is 11.2. The molecule has 0 radical (unpaired) electrons. The molecule has 1 aromatic rings. The molecule has 0 bridgehead atoms. The van der Waals surface area contributed by atoms with Gasteiger partial charge in [-0.25, -0.2) is 0 Å². The van der Waals surface area contributed by atoms with E-state index < -0.39 is 0 Å². The van der Waals surface area contributed by atoms with Crippen LogP contribution in [0.2, 0.25) is 5.28 Å². The zero-order chi connectivity index (χ0) is 11.1. The molecule has 82 valence electrons. The first-order valence-corrected chi connectivity index (χ1v) is 4.96. The van der Waals surface area contributed by atoms with Crippen LogP contribution in [0.15, 0.2) is 6.20 Å². The first-order valence-electron chi connectivity index (χ1n) is 4.58. The number of hydrogen-bond donors (Lipinski definition) is 2. The Balaban J connectivity index is 2.33. The van der Waals surface area contributed by atoms with Crippen LogP contribution in [-0.4, -0.2) is 34.2 Å². The van der Waals surface area contributed by atoms with Crippen LogP contribution < -0.4 is 10.6 Å². The number of carbonyl (C=O) groups excluding carboxylic acids is 1. The lowest BCUT2D eigenvalue weighted by atomic mass is 10.4. The number of nitrogens with zero attached hydrogens (tertiary/aromatic N) is 3. The predicted octanol–water partition coefficient (Wildman–Crippen LogP) is 0.463. The van der Waals surface area contributed by atoms with Crippen molar-refractivity contribution in [1.29, 1.82) is 0 Å². The third-order valence-corrected chi connectivity index (χ3v) is 1.70. The molecule has 1 heterocycles. The van der Waals surface area contributed by atoms with Crippen molar-refractivity contribution in [1.82, 2.24) is 20.5 Å². The van der Waals surface area contributed by atoms with Crippen LogP contribution in [0, 0.1) is 0 Å². The van der Waals surface area contributed by atoms with E-state index in [1.54, 1.807) is 0 Å². The Labute approximate surface area is 92.4 Å². The molecule has 6 nitrogen and oxygen atoms in total. The monoisotopic (exact) mass is 229 g/mol. The summed E-state index contributed by atoms with van der Waals surface area (Å²) in [6.45, 7) is 2.81. The molecule has 0 spiro atoms. The van der Waals surface area contributed by atoms with Crippen LogP contribution in [0.3, 0.4) is 0 Å². The highest BCUT2D eigenvalue weighted by Gasteiger charge is 2.01. The smallest absolute Gasteiger partial charge is 0.244 e. The first-order chi connectivity index (χ1) is 7.22. The molecule has 15 heavy (non-hydrogen) atoms. The van der Waals surface area contributed by atoms with E-state index in [1.807, 2.05) is 6.92 Å².